The van der Waals surface area contributed by atoms with E-state index in [-0.39, 0.29) is 24.6 Å². The van der Waals surface area contributed by atoms with Crippen LogP contribution in [0.3, 0.4) is 0 Å². The minimum Gasteiger partial charge on any atom is -0.550 e. The molecule has 0 saturated carbocycles. The van der Waals surface area contributed by atoms with Crippen molar-refractivity contribution in [2.24, 2.45) is 5.92 Å². The largest absolute Gasteiger partial charge is 0.550 e. The van der Waals surface area contributed by atoms with Gasteiger partial charge in [0.05, 0.1) is 0 Å². The molecule has 1 aliphatic heterocycles. The Bertz CT molecular complexity index is 443. The van der Waals surface area contributed by atoms with Crippen LogP contribution in [0.25, 0.3) is 0 Å². The second-order valence-corrected chi connectivity index (χ2v) is 3.74. The molecule has 5 heteroatoms. The number of anilines is 1. The van der Waals surface area contributed by atoms with Gasteiger partial charge in [0, 0.05) is 36.6 Å². The fourth-order valence-electron chi connectivity index (χ4n) is 1.78. The lowest BCUT2D eigenvalue weighted by Crippen LogP contribution is -2.33. The molecule has 1 saturated heterocycles. The molecule has 1 fully saturated rings. The number of benzene rings is 1. The van der Waals surface area contributed by atoms with Crippen LogP contribution in [0.4, 0.5) is 5.69 Å². The Kier molecular flexibility index (Phi) is 2.52. The minimum atomic E-state index is -1.21. The average molecular weight is 220 g/mol. The van der Waals surface area contributed by atoms with Crippen LogP contribution in [0, 0.1) is 5.92 Å². The van der Waals surface area contributed by atoms with Crippen molar-refractivity contribution in [3.8, 4) is 5.75 Å². The number of carbonyl (C=O) groups excluding carboxylic acids is 2. The number of aromatic hydroxyl groups is 1. The predicted molar refractivity (Wildman–Crippen MR) is 53.6 cm³/mol. The molecule has 0 unspecified atom stereocenters. The van der Waals surface area contributed by atoms with Crippen molar-refractivity contribution in [1.29, 1.82) is 0 Å². The third-order valence-corrected chi connectivity index (χ3v) is 2.60. The van der Waals surface area contributed by atoms with Gasteiger partial charge in [-0.2, -0.15) is 0 Å². The summed E-state index contributed by atoms with van der Waals surface area (Å²) >= 11 is 0. The van der Waals surface area contributed by atoms with Crippen molar-refractivity contribution in [3.05, 3.63) is 24.3 Å². The molecule has 1 atom stereocenters. The zero-order chi connectivity index (χ0) is 11.7. The zero-order valence-corrected chi connectivity index (χ0v) is 8.42. The molecule has 0 bridgehead atoms. The Morgan fingerprint density at radius 1 is 1.50 bits per heavy atom. The number of aliphatic carboxylic acids is 1. The average Bonchev–Trinajstić information content (AvgIpc) is 2.60. The van der Waals surface area contributed by atoms with Gasteiger partial charge in [-0.3, -0.25) is 4.79 Å². The first-order valence-corrected chi connectivity index (χ1v) is 4.88. The van der Waals surface area contributed by atoms with E-state index >= 15 is 0 Å². The van der Waals surface area contributed by atoms with Gasteiger partial charge < -0.3 is 19.9 Å². The number of amides is 1. The summed E-state index contributed by atoms with van der Waals surface area (Å²) < 4.78 is 0. The van der Waals surface area contributed by atoms with Crippen molar-refractivity contribution >= 4 is 17.6 Å². The third-order valence-electron chi connectivity index (χ3n) is 2.60. The number of carboxylic acids is 1. The van der Waals surface area contributed by atoms with E-state index < -0.39 is 11.9 Å². The minimum absolute atomic E-state index is 0.0437. The first-order chi connectivity index (χ1) is 7.58. The van der Waals surface area contributed by atoms with E-state index in [1.807, 2.05) is 0 Å². The van der Waals surface area contributed by atoms with Gasteiger partial charge in [0.1, 0.15) is 5.75 Å². The van der Waals surface area contributed by atoms with Gasteiger partial charge in [-0.25, -0.2) is 0 Å². The van der Waals surface area contributed by atoms with E-state index in [1.54, 1.807) is 12.1 Å². The molecule has 0 spiro atoms. The highest BCUT2D eigenvalue weighted by Crippen LogP contribution is 2.27. The molecule has 84 valence electrons. The first-order valence-electron chi connectivity index (χ1n) is 4.88. The molecule has 0 aromatic heterocycles. The van der Waals surface area contributed by atoms with Gasteiger partial charge in [0.2, 0.25) is 5.91 Å². The molecule has 1 heterocycles. The van der Waals surface area contributed by atoms with Gasteiger partial charge in [-0.15, -0.1) is 0 Å². The van der Waals surface area contributed by atoms with Crippen LogP contribution in [0.1, 0.15) is 6.42 Å². The summed E-state index contributed by atoms with van der Waals surface area (Å²) in [5, 5.41) is 19.9. The van der Waals surface area contributed by atoms with Gasteiger partial charge in [0.15, 0.2) is 0 Å². The SMILES string of the molecule is O=C([O-])[C@H]1CC(=O)N(c2cccc(O)c2)C1. The topological polar surface area (TPSA) is 80.7 Å². The fraction of sp³-hybridized carbons (Fsp3) is 0.273. The normalized spacial score (nSPS) is 20.1. The van der Waals surface area contributed by atoms with Crippen LogP contribution in [0.2, 0.25) is 0 Å². The van der Waals surface area contributed by atoms with Gasteiger partial charge in [-0.05, 0) is 12.1 Å². The molecular weight excluding hydrogens is 210 g/mol. The number of rotatable bonds is 2. The maximum atomic E-state index is 11.6. The number of phenols is 1. The molecular formula is C11H10NO4-. The molecule has 2 rings (SSSR count). The van der Waals surface area contributed by atoms with E-state index in [0.717, 1.165) is 0 Å². The second-order valence-electron chi connectivity index (χ2n) is 3.74. The summed E-state index contributed by atoms with van der Waals surface area (Å²) in [6, 6.07) is 6.16. The van der Waals surface area contributed by atoms with Crippen molar-refractivity contribution < 1.29 is 19.8 Å². The number of nitrogens with zero attached hydrogens (tertiary/aromatic N) is 1. The van der Waals surface area contributed by atoms with Gasteiger partial charge in [-0.1, -0.05) is 6.07 Å². The van der Waals surface area contributed by atoms with E-state index in [1.165, 1.54) is 17.0 Å². The summed E-state index contributed by atoms with van der Waals surface area (Å²) in [6.07, 6.45) is -0.0437. The maximum absolute atomic E-state index is 11.6. The Hall–Kier alpha value is -2.04. The van der Waals surface area contributed by atoms with Crippen molar-refractivity contribution in [1.82, 2.24) is 0 Å². The summed E-state index contributed by atoms with van der Waals surface area (Å²) in [5.74, 6) is -2.20. The van der Waals surface area contributed by atoms with E-state index in [2.05, 4.69) is 0 Å². The molecule has 1 amide bonds. The lowest BCUT2D eigenvalue weighted by Gasteiger charge is -2.17. The Labute approximate surface area is 91.9 Å². The van der Waals surface area contributed by atoms with Gasteiger partial charge in [0.25, 0.3) is 0 Å². The smallest absolute Gasteiger partial charge is 0.227 e. The maximum Gasteiger partial charge on any atom is 0.227 e. The highest BCUT2D eigenvalue weighted by atomic mass is 16.4. The standard InChI is InChI=1S/C11H11NO4/c13-9-3-1-2-8(5-9)12-6-7(11(15)16)4-10(12)14/h1-3,5,7,13H,4,6H2,(H,15,16)/p-1/t7-/m0/s1. The monoisotopic (exact) mass is 220 g/mol. The van der Waals surface area contributed by atoms with Crippen molar-refractivity contribution in [2.45, 2.75) is 6.42 Å². The summed E-state index contributed by atoms with van der Waals surface area (Å²) in [4.78, 5) is 23.6. The Morgan fingerprint density at radius 2 is 2.25 bits per heavy atom. The molecule has 0 radical (unpaired) electrons. The molecule has 1 aromatic carbocycles. The Balaban J connectivity index is 2.23. The van der Waals surface area contributed by atoms with E-state index in [0.29, 0.717) is 5.69 Å². The zero-order valence-electron chi connectivity index (χ0n) is 8.42. The third kappa shape index (κ3) is 1.84. The van der Waals surface area contributed by atoms with Crippen LogP contribution in [-0.2, 0) is 9.59 Å². The van der Waals surface area contributed by atoms with Crippen LogP contribution in [0.15, 0.2) is 24.3 Å². The summed E-state index contributed by atoms with van der Waals surface area (Å²) in [6.45, 7) is 0.102. The van der Waals surface area contributed by atoms with Crippen LogP contribution < -0.4 is 10.0 Å². The number of carboxylic acid groups (broad SMARTS) is 1. The Morgan fingerprint density at radius 3 is 2.81 bits per heavy atom. The van der Waals surface area contributed by atoms with Crippen molar-refractivity contribution in [2.75, 3.05) is 11.4 Å². The second kappa shape index (κ2) is 3.84. The van der Waals surface area contributed by atoms with E-state index in [4.69, 9.17) is 0 Å². The lowest BCUT2D eigenvalue weighted by molar-refractivity contribution is -0.310. The fourth-order valence-corrected chi connectivity index (χ4v) is 1.78. The summed E-state index contributed by atoms with van der Waals surface area (Å²) in [7, 11) is 0. The van der Waals surface area contributed by atoms with Crippen molar-refractivity contribution in [3.63, 3.8) is 0 Å². The molecule has 0 aliphatic carbocycles. The molecule has 1 N–H and O–H groups in total. The molecule has 1 aromatic rings. The lowest BCUT2D eigenvalue weighted by atomic mass is 10.1. The molecule has 16 heavy (non-hydrogen) atoms. The predicted octanol–water partition coefficient (Wildman–Crippen LogP) is -0.505. The number of hydrogen-bond acceptors (Lipinski definition) is 4. The molecule has 5 nitrogen and oxygen atoms in total. The highest BCUT2D eigenvalue weighted by Gasteiger charge is 2.31. The van der Waals surface area contributed by atoms with Crippen LogP contribution in [-0.4, -0.2) is 23.5 Å². The highest BCUT2D eigenvalue weighted by molar-refractivity contribution is 5.99. The van der Waals surface area contributed by atoms with Crippen LogP contribution in [0.5, 0.6) is 5.75 Å². The first kappa shape index (κ1) is 10.5. The van der Waals surface area contributed by atoms with Crippen LogP contribution >= 0.6 is 0 Å². The number of carbonyl (C=O) groups is 2. The van der Waals surface area contributed by atoms with Gasteiger partial charge >= 0.3 is 0 Å². The molecule has 1 aliphatic rings. The number of hydrogen-bond donors (Lipinski definition) is 1. The van der Waals surface area contributed by atoms with E-state index in [9.17, 15) is 19.8 Å². The number of phenolic OH excluding ortho intramolecular Hbond substituents is 1. The summed E-state index contributed by atoms with van der Waals surface area (Å²) in [5.41, 5.74) is 0.508. The quantitative estimate of drug-likeness (QED) is 0.728.